The summed E-state index contributed by atoms with van der Waals surface area (Å²) in [6.07, 6.45) is 1.17. The largest absolute Gasteiger partial charge is 0.431 e. The topological polar surface area (TPSA) is 65.1 Å². The summed E-state index contributed by atoms with van der Waals surface area (Å²) in [6, 6.07) is 7.98. The van der Waals surface area contributed by atoms with Crippen molar-refractivity contribution in [1.82, 2.24) is 14.7 Å². The monoisotopic (exact) mass is 372 g/mol. The number of nitrogens with zero attached hydrogens (tertiary/aromatic N) is 3. The lowest BCUT2D eigenvalue weighted by molar-refractivity contribution is -0.124. The van der Waals surface area contributed by atoms with Crippen molar-refractivity contribution in [3.8, 4) is 0 Å². The van der Waals surface area contributed by atoms with Gasteiger partial charge in [0.05, 0.1) is 0 Å². The van der Waals surface area contributed by atoms with Crippen LogP contribution in [0, 0.1) is 0 Å². The summed E-state index contributed by atoms with van der Waals surface area (Å²) in [7, 11) is 0. The normalized spacial score (nSPS) is 24.6. The highest BCUT2D eigenvalue weighted by Gasteiger charge is 2.36. The van der Waals surface area contributed by atoms with E-state index >= 15 is 0 Å². The minimum atomic E-state index is -0.842. The van der Waals surface area contributed by atoms with Crippen LogP contribution in [0.5, 0.6) is 0 Å². The van der Waals surface area contributed by atoms with Gasteiger partial charge in [0.1, 0.15) is 0 Å². The predicted molar refractivity (Wildman–Crippen MR) is 103 cm³/mol. The Morgan fingerprint density at radius 2 is 1.81 bits per heavy atom. The number of ether oxygens (including phenoxy) is 1. The molecule has 1 unspecified atom stereocenters. The molecule has 1 atom stereocenters. The number of rotatable bonds is 3. The summed E-state index contributed by atoms with van der Waals surface area (Å²) in [5.74, 6) is -0.272. The van der Waals surface area contributed by atoms with Crippen LogP contribution in [0.25, 0.3) is 0 Å². The number of anilines is 1. The van der Waals surface area contributed by atoms with E-state index in [4.69, 9.17) is 4.74 Å². The van der Waals surface area contributed by atoms with Crippen molar-refractivity contribution >= 4 is 17.7 Å². The van der Waals surface area contributed by atoms with Crippen molar-refractivity contribution < 1.29 is 14.3 Å². The lowest BCUT2D eigenvalue weighted by atomic mass is 10.0. The number of likely N-dealkylation sites (tertiary alicyclic amines) is 1. The zero-order valence-corrected chi connectivity index (χ0v) is 15.9. The number of carbonyl (C=O) groups is 2. The molecule has 2 fully saturated rings. The van der Waals surface area contributed by atoms with Crippen molar-refractivity contribution in [2.45, 2.75) is 31.9 Å². The first kappa shape index (κ1) is 18.3. The molecule has 2 saturated heterocycles. The van der Waals surface area contributed by atoms with Crippen LogP contribution >= 0.6 is 0 Å². The van der Waals surface area contributed by atoms with Crippen LogP contribution in [0.15, 0.2) is 24.3 Å². The van der Waals surface area contributed by atoms with E-state index in [-0.39, 0.29) is 5.91 Å². The quantitative estimate of drug-likeness (QED) is 0.878. The van der Waals surface area contributed by atoms with Gasteiger partial charge in [-0.05, 0) is 38.5 Å². The Balaban J connectivity index is 1.29. The van der Waals surface area contributed by atoms with Crippen molar-refractivity contribution in [2.75, 3.05) is 51.1 Å². The maximum Gasteiger partial charge on any atom is 0.410 e. The number of para-hydroxylation sites is 1. The van der Waals surface area contributed by atoms with Crippen LogP contribution in [0.4, 0.5) is 10.5 Å². The first-order valence-electron chi connectivity index (χ1n) is 9.97. The van der Waals surface area contributed by atoms with E-state index in [1.54, 1.807) is 4.90 Å². The molecular weight excluding hydrogens is 344 g/mol. The molecule has 0 bridgehead atoms. The number of amides is 2. The van der Waals surface area contributed by atoms with Gasteiger partial charge in [-0.25, -0.2) is 4.79 Å². The Hall–Kier alpha value is -2.12. The van der Waals surface area contributed by atoms with Gasteiger partial charge in [-0.3, -0.25) is 9.69 Å². The van der Waals surface area contributed by atoms with E-state index in [1.165, 1.54) is 25.9 Å². The second kappa shape index (κ2) is 7.86. The molecule has 0 aromatic heterocycles. The predicted octanol–water partition coefficient (Wildman–Crippen LogP) is 1.92. The molecule has 1 aromatic carbocycles. The van der Waals surface area contributed by atoms with Crippen molar-refractivity contribution in [3.63, 3.8) is 0 Å². The number of carbonyl (C=O) groups excluding carboxylic acids is 2. The van der Waals surface area contributed by atoms with Gasteiger partial charge in [-0.15, -0.1) is 0 Å². The van der Waals surface area contributed by atoms with Crippen molar-refractivity contribution in [3.05, 3.63) is 29.8 Å². The Morgan fingerprint density at radius 3 is 2.52 bits per heavy atom. The van der Waals surface area contributed by atoms with Gasteiger partial charge < -0.3 is 19.9 Å². The molecule has 3 aliphatic rings. The summed E-state index contributed by atoms with van der Waals surface area (Å²) < 4.78 is 5.55. The molecule has 1 aromatic rings. The summed E-state index contributed by atoms with van der Waals surface area (Å²) >= 11 is 0. The van der Waals surface area contributed by atoms with E-state index < -0.39 is 12.2 Å². The summed E-state index contributed by atoms with van der Waals surface area (Å²) in [6.45, 7) is 8.74. The summed E-state index contributed by atoms with van der Waals surface area (Å²) in [4.78, 5) is 31.4. The number of benzene rings is 1. The summed E-state index contributed by atoms with van der Waals surface area (Å²) in [5, 5.41) is 2.77. The SMILES string of the molecule is CCN1CCC(N2CCN(C(=O)OC3C(=O)Nc4ccccc43)CC2)CC1. The highest BCUT2D eigenvalue weighted by atomic mass is 16.6. The smallest absolute Gasteiger partial charge is 0.410 e. The molecule has 0 saturated carbocycles. The summed E-state index contributed by atoms with van der Waals surface area (Å²) in [5.41, 5.74) is 1.46. The maximum atomic E-state index is 12.6. The highest BCUT2D eigenvalue weighted by molar-refractivity contribution is 6.02. The molecule has 0 aliphatic carbocycles. The number of hydrogen-bond donors (Lipinski definition) is 1. The van der Waals surface area contributed by atoms with Crippen LogP contribution in [0.1, 0.15) is 31.4 Å². The lowest BCUT2D eigenvalue weighted by Gasteiger charge is -2.42. The third kappa shape index (κ3) is 3.80. The van der Waals surface area contributed by atoms with Crippen LogP contribution in [-0.2, 0) is 9.53 Å². The maximum absolute atomic E-state index is 12.6. The third-order valence-corrected chi connectivity index (χ3v) is 6.05. The fourth-order valence-corrected chi connectivity index (χ4v) is 4.34. The number of piperidine rings is 1. The molecule has 146 valence electrons. The van der Waals surface area contributed by atoms with Crippen molar-refractivity contribution in [2.24, 2.45) is 0 Å². The van der Waals surface area contributed by atoms with Gasteiger partial charge in [0, 0.05) is 43.5 Å². The number of nitrogens with one attached hydrogen (secondary N) is 1. The molecule has 0 radical (unpaired) electrons. The minimum Gasteiger partial charge on any atom is -0.431 e. The first-order chi connectivity index (χ1) is 13.2. The molecule has 3 aliphatic heterocycles. The third-order valence-electron chi connectivity index (χ3n) is 6.05. The lowest BCUT2D eigenvalue weighted by Crippen LogP contribution is -2.54. The molecular formula is C20H28N4O3. The molecule has 0 spiro atoms. The van der Waals surface area contributed by atoms with E-state index in [0.29, 0.717) is 19.1 Å². The van der Waals surface area contributed by atoms with Gasteiger partial charge in [-0.2, -0.15) is 0 Å². The molecule has 7 heteroatoms. The zero-order valence-electron chi connectivity index (χ0n) is 15.9. The molecule has 2 amide bonds. The highest BCUT2D eigenvalue weighted by Crippen LogP contribution is 2.33. The van der Waals surface area contributed by atoms with E-state index in [1.807, 2.05) is 24.3 Å². The average Bonchev–Trinajstić information content (AvgIpc) is 3.03. The second-order valence-corrected chi connectivity index (χ2v) is 7.53. The van der Waals surface area contributed by atoms with Gasteiger partial charge >= 0.3 is 6.09 Å². The van der Waals surface area contributed by atoms with Crippen LogP contribution in [0.2, 0.25) is 0 Å². The Morgan fingerprint density at radius 1 is 1.11 bits per heavy atom. The molecule has 27 heavy (non-hydrogen) atoms. The van der Waals surface area contributed by atoms with Crippen LogP contribution in [0.3, 0.4) is 0 Å². The van der Waals surface area contributed by atoms with Gasteiger partial charge in [0.25, 0.3) is 5.91 Å². The Bertz CT molecular complexity index is 694. The fourth-order valence-electron chi connectivity index (χ4n) is 4.34. The van der Waals surface area contributed by atoms with Crippen molar-refractivity contribution in [1.29, 1.82) is 0 Å². The van der Waals surface area contributed by atoms with Crippen LogP contribution < -0.4 is 5.32 Å². The number of fused-ring (bicyclic) bond motifs is 1. The average molecular weight is 372 g/mol. The number of hydrogen-bond acceptors (Lipinski definition) is 5. The standard InChI is InChI=1S/C20H28N4O3/c1-2-22-9-7-15(8-10-22)23-11-13-24(14-12-23)20(26)27-18-16-5-3-4-6-17(16)21-19(18)25/h3-6,15,18H,2,7-14H2,1H3,(H,21,25). The molecule has 1 N–H and O–H groups in total. The zero-order chi connectivity index (χ0) is 18.8. The first-order valence-corrected chi connectivity index (χ1v) is 9.97. The second-order valence-electron chi connectivity index (χ2n) is 7.53. The Kier molecular flexibility index (Phi) is 5.31. The van der Waals surface area contributed by atoms with Gasteiger partial charge in [0.15, 0.2) is 0 Å². The van der Waals surface area contributed by atoms with Crippen LogP contribution in [-0.4, -0.2) is 78.6 Å². The van der Waals surface area contributed by atoms with E-state index in [2.05, 4.69) is 22.0 Å². The van der Waals surface area contributed by atoms with Gasteiger partial charge in [0.2, 0.25) is 6.10 Å². The van der Waals surface area contributed by atoms with E-state index in [9.17, 15) is 9.59 Å². The number of piperazine rings is 1. The molecule has 3 heterocycles. The molecule has 4 rings (SSSR count). The Labute approximate surface area is 160 Å². The minimum absolute atomic E-state index is 0.272. The van der Waals surface area contributed by atoms with E-state index in [0.717, 1.165) is 30.9 Å². The van der Waals surface area contributed by atoms with Gasteiger partial charge in [-0.1, -0.05) is 25.1 Å². The molecule has 7 nitrogen and oxygen atoms in total. The fraction of sp³-hybridized carbons (Fsp3) is 0.600.